The molecule has 0 amide bonds. The Balaban J connectivity index is 0.000000180. The molecule has 0 aliphatic carbocycles. The minimum atomic E-state index is 0.917. The first-order chi connectivity index (χ1) is 15.0. The van der Waals surface area contributed by atoms with Gasteiger partial charge in [0.1, 0.15) is 17.3 Å². The number of hydrogen-bond donors (Lipinski definition) is 0. The Hall–Kier alpha value is -3.71. The van der Waals surface area contributed by atoms with Gasteiger partial charge in [-0.15, -0.1) is 43.1 Å². The van der Waals surface area contributed by atoms with Crippen LogP contribution in [0.25, 0.3) is 0 Å². The summed E-state index contributed by atoms with van der Waals surface area (Å²) in [6.07, 6.45) is 19.9. The number of oxazole rings is 1. The van der Waals surface area contributed by atoms with Crippen molar-refractivity contribution in [3.05, 3.63) is 72.0 Å². The van der Waals surface area contributed by atoms with Gasteiger partial charge in [0.2, 0.25) is 12.8 Å². The zero-order chi connectivity index (χ0) is 21.2. The largest absolute Gasteiger partial charge is 0.452 e. The highest BCUT2D eigenvalue weighted by Crippen LogP contribution is 1.86. The molecule has 0 unspecified atom stereocenters. The Morgan fingerprint density at radius 2 is 1.47 bits per heavy atom. The molecule has 30 heavy (non-hydrogen) atoms. The van der Waals surface area contributed by atoms with E-state index in [-0.39, 0.29) is 0 Å². The van der Waals surface area contributed by atoms with Gasteiger partial charge in [-0.05, 0) is 0 Å². The number of aliphatic imine (C=N–C) groups is 1. The number of aromatic nitrogens is 6. The van der Waals surface area contributed by atoms with Crippen LogP contribution in [-0.4, -0.2) is 49.0 Å². The topological polar surface area (TPSA) is 141 Å². The molecule has 156 valence electrons. The normalized spacial score (nSPS) is 11.2. The van der Waals surface area contributed by atoms with Gasteiger partial charge in [-0.25, -0.2) is 4.98 Å². The van der Waals surface area contributed by atoms with Crippen LogP contribution in [0.4, 0.5) is 0 Å². The van der Waals surface area contributed by atoms with Crippen LogP contribution in [0.3, 0.4) is 0 Å². The molecule has 4 aromatic rings. The van der Waals surface area contributed by atoms with Crippen LogP contribution in [-0.2, 0) is 0 Å². The summed E-state index contributed by atoms with van der Waals surface area (Å²) in [6, 6.07) is 0. The van der Waals surface area contributed by atoms with E-state index in [1.165, 1.54) is 36.8 Å². The fourth-order valence-corrected chi connectivity index (χ4v) is 1.79. The summed E-state index contributed by atoms with van der Waals surface area (Å²) >= 11 is 3.09. The molecule has 0 N–H and O–H groups in total. The van der Waals surface area contributed by atoms with Gasteiger partial charge < -0.3 is 8.83 Å². The van der Waals surface area contributed by atoms with Gasteiger partial charge in [0, 0.05) is 49.3 Å². The van der Waals surface area contributed by atoms with E-state index in [2.05, 4.69) is 54.4 Å². The first-order valence-electron chi connectivity index (χ1n) is 8.22. The van der Waals surface area contributed by atoms with Crippen molar-refractivity contribution in [2.75, 3.05) is 0 Å². The van der Waals surface area contributed by atoms with Crippen molar-refractivity contribution < 1.29 is 8.83 Å². The minimum absolute atomic E-state index is 0.917. The molecule has 0 saturated carbocycles. The molecule has 6 rings (SSSR count). The second-order valence-electron chi connectivity index (χ2n) is 4.29. The molecule has 11 nitrogen and oxygen atoms in total. The Labute approximate surface area is 180 Å². The Morgan fingerprint density at radius 1 is 0.667 bits per heavy atom. The molecule has 2 aliphatic heterocycles. The fraction of sp³-hybridized carbons (Fsp3) is 0.118. The predicted molar refractivity (Wildman–Crippen MR) is 117 cm³/mol. The maximum Gasteiger partial charge on any atom is 0.203 e. The minimum Gasteiger partial charge on any atom is -0.452 e. The van der Waals surface area contributed by atoms with Crippen molar-refractivity contribution in [2.24, 2.45) is 15.2 Å². The molecule has 0 radical (unpaired) electrons. The summed E-state index contributed by atoms with van der Waals surface area (Å²) in [7, 11) is 0. The van der Waals surface area contributed by atoms with Crippen LogP contribution in [0, 0.1) is 0 Å². The molecule has 2 aliphatic rings. The van der Waals surface area contributed by atoms with E-state index in [1.54, 1.807) is 58.9 Å². The molecular weight excluding hydrogens is 426 g/mol. The lowest BCUT2D eigenvalue weighted by molar-refractivity contribution is 0.553. The van der Waals surface area contributed by atoms with Gasteiger partial charge in [0.05, 0.1) is 11.7 Å². The highest BCUT2D eigenvalue weighted by molar-refractivity contribution is 7.07. The summed E-state index contributed by atoms with van der Waals surface area (Å²) in [6.45, 7) is 0. The molecule has 6 heterocycles. The summed E-state index contributed by atoms with van der Waals surface area (Å²) < 4.78 is 8.83. The molecule has 0 atom stereocenters. The van der Waals surface area contributed by atoms with Gasteiger partial charge in [-0.2, -0.15) is 10.2 Å². The summed E-state index contributed by atoms with van der Waals surface area (Å²) in [5.74, 6) is 0. The van der Waals surface area contributed by atoms with E-state index in [0.29, 0.717) is 0 Å². The van der Waals surface area contributed by atoms with Crippen LogP contribution < -0.4 is 0 Å². The van der Waals surface area contributed by atoms with Crippen molar-refractivity contribution in [1.29, 1.82) is 0 Å². The summed E-state index contributed by atoms with van der Waals surface area (Å²) in [5, 5.41) is 22.6. The summed E-state index contributed by atoms with van der Waals surface area (Å²) in [5.41, 5.74) is 5.15. The van der Waals surface area contributed by atoms with Gasteiger partial charge in [0.25, 0.3) is 0 Å². The first kappa shape index (κ1) is 24.3. The van der Waals surface area contributed by atoms with Crippen molar-refractivity contribution in [2.45, 2.75) is 12.8 Å². The van der Waals surface area contributed by atoms with Crippen molar-refractivity contribution >= 4 is 41.3 Å². The van der Waals surface area contributed by atoms with Crippen molar-refractivity contribution in [3.8, 4) is 0 Å². The Morgan fingerprint density at radius 3 is 1.67 bits per heavy atom. The smallest absolute Gasteiger partial charge is 0.203 e. The lowest BCUT2D eigenvalue weighted by Crippen LogP contribution is -1.60. The van der Waals surface area contributed by atoms with Crippen LogP contribution >= 0.6 is 22.7 Å². The van der Waals surface area contributed by atoms with E-state index in [1.807, 2.05) is 17.7 Å². The van der Waals surface area contributed by atoms with Crippen molar-refractivity contribution in [3.63, 3.8) is 0 Å². The standard InChI is InChI=1S/C4H5N.C3H4N2.C3H3NO.C3H3NS.C2H2N2O.C2H2N2S/c2*1-2-4-5-3-1;2*1-2-5-3-4-1;2*1-3-4-2-5-1/h1,3-4H,2H2;2-3H,1H2;2*1-3H;2*1-2H. The van der Waals surface area contributed by atoms with Crippen LogP contribution in [0.1, 0.15) is 12.8 Å². The highest BCUT2D eigenvalue weighted by Gasteiger charge is 1.75. The summed E-state index contributed by atoms with van der Waals surface area (Å²) in [4.78, 5) is 11.1. The quantitative estimate of drug-likeness (QED) is 0.397. The van der Waals surface area contributed by atoms with E-state index in [9.17, 15) is 0 Å². The number of nitrogens with zero attached hydrogens (tertiary/aromatic N) is 9. The second-order valence-corrected chi connectivity index (χ2v) is 5.74. The van der Waals surface area contributed by atoms with E-state index < -0.39 is 0 Å². The maximum atomic E-state index is 4.47. The molecule has 0 spiro atoms. The highest BCUT2D eigenvalue weighted by atomic mass is 32.1. The third-order valence-electron chi connectivity index (χ3n) is 2.24. The molecular formula is C17H19N9O2S2. The Kier molecular flexibility index (Phi) is 17.5. The van der Waals surface area contributed by atoms with Gasteiger partial charge >= 0.3 is 0 Å². The number of rotatable bonds is 0. The van der Waals surface area contributed by atoms with E-state index in [0.717, 1.165) is 12.8 Å². The van der Waals surface area contributed by atoms with Crippen LogP contribution in [0.5, 0.6) is 0 Å². The first-order valence-corrected chi connectivity index (χ1v) is 10.1. The predicted octanol–water partition coefficient (Wildman–Crippen LogP) is 3.85. The third kappa shape index (κ3) is 19.1. The van der Waals surface area contributed by atoms with Gasteiger partial charge in [-0.3, -0.25) is 9.98 Å². The monoisotopic (exact) mass is 445 g/mol. The van der Waals surface area contributed by atoms with Crippen molar-refractivity contribution in [1.82, 2.24) is 30.4 Å². The number of thiazole rings is 1. The zero-order valence-corrected chi connectivity index (χ0v) is 17.4. The second kappa shape index (κ2) is 21.6. The lowest BCUT2D eigenvalue weighted by Gasteiger charge is -1.54. The van der Waals surface area contributed by atoms with E-state index >= 15 is 0 Å². The molecule has 0 aromatic carbocycles. The molecule has 0 fully saturated rings. The van der Waals surface area contributed by atoms with Crippen LogP contribution in [0.15, 0.2) is 96.1 Å². The maximum absolute atomic E-state index is 4.47. The molecule has 13 heteroatoms. The SMILES string of the molecule is C1=CN=CC1.C1=NN=CC1.c1cocn1.c1cscn1.c1nnco1.c1nncs1. The number of hydrogen-bond acceptors (Lipinski definition) is 13. The molecule has 4 aromatic heterocycles. The average molecular weight is 446 g/mol. The lowest BCUT2D eigenvalue weighted by atomic mass is 10.5. The average Bonchev–Trinajstić information content (AvgIpc) is 3.69. The third-order valence-corrected chi connectivity index (χ3v) is 3.19. The Bertz CT molecular complexity index is 645. The van der Waals surface area contributed by atoms with Gasteiger partial charge in [-0.1, -0.05) is 6.08 Å². The molecule has 0 bridgehead atoms. The molecule has 0 saturated heterocycles. The van der Waals surface area contributed by atoms with Crippen LogP contribution in [0.2, 0.25) is 0 Å². The zero-order valence-electron chi connectivity index (χ0n) is 15.7. The number of allylic oxidation sites excluding steroid dienone is 1. The van der Waals surface area contributed by atoms with E-state index in [4.69, 9.17) is 0 Å². The fourth-order valence-electron chi connectivity index (χ4n) is 1.16. The van der Waals surface area contributed by atoms with Gasteiger partial charge in [0.15, 0.2) is 6.39 Å².